The first-order valence-electron chi connectivity index (χ1n) is 6.29. The van der Waals surface area contributed by atoms with Crippen molar-refractivity contribution in [3.05, 3.63) is 22.4 Å². The second-order valence-corrected chi connectivity index (χ2v) is 6.00. The van der Waals surface area contributed by atoms with Gasteiger partial charge in [0.2, 0.25) is 5.91 Å². The van der Waals surface area contributed by atoms with Crippen LogP contribution in [-0.4, -0.2) is 36.1 Å². The van der Waals surface area contributed by atoms with Crippen molar-refractivity contribution in [2.24, 2.45) is 5.41 Å². The van der Waals surface area contributed by atoms with E-state index < -0.39 is 6.04 Å². The number of carbonyl (C=O) groups is 2. The highest BCUT2D eigenvalue weighted by atomic mass is 32.1. The second-order valence-electron chi connectivity index (χ2n) is 5.05. The van der Waals surface area contributed by atoms with Gasteiger partial charge in [0.15, 0.2) is 0 Å². The number of rotatable bonds is 6. The summed E-state index contributed by atoms with van der Waals surface area (Å²) in [6.07, 6.45) is 1.89. The van der Waals surface area contributed by atoms with Gasteiger partial charge in [-0.3, -0.25) is 9.59 Å². The maximum Gasteiger partial charge on any atom is 0.261 e. The second kappa shape index (κ2) is 5.71. The lowest BCUT2D eigenvalue weighted by Gasteiger charge is -2.17. The maximum atomic E-state index is 11.8. The molecule has 1 unspecified atom stereocenters. The van der Waals surface area contributed by atoms with E-state index in [1.54, 1.807) is 19.1 Å². The van der Waals surface area contributed by atoms with Crippen LogP contribution in [0.25, 0.3) is 0 Å². The largest absolute Gasteiger partial charge is 0.396 e. The molecule has 1 fully saturated rings. The summed E-state index contributed by atoms with van der Waals surface area (Å²) < 4.78 is 0. The van der Waals surface area contributed by atoms with Gasteiger partial charge in [-0.15, -0.1) is 11.3 Å². The van der Waals surface area contributed by atoms with E-state index >= 15 is 0 Å². The van der Waals surface area contributed by atoms with Gasteiger partial charge in [0.1, 0.15) is 6.04 Å². The summed E-state index contributed by atoms with van der Waals surface area (Å²) in [5.41, 5.74) is -0.118. The van der Waals surface area contributed by atoms with Crippen LogP contribution < -0.4 is 10.6 Å². The average Bonchev–Trinajstić information content (AvgIpc) is 2.98. The Balaban J connectivity index is 1.78. The summed E-state index contributed by atoms with van der Waals surface area (Å²) in [4.78, 5) is 24.2. The zero-order valence-corrected chi connectivity index (χ0v) is 11.6. The summed E-state index contributed by atoms with van der Waals surface area (Å²) >= 11 is 1.34. The van der Waals surface area contributed by atoms with Crippen LogP contribution in [0, 0.1) is 5.41 Å². The molecule has 0 aromatic carbocycles. The highest BCUT2D eigenvalue weighted by Crippen LogP contribution is 2.44. The minimum Gasteiger partial charge on any atom is -0.396 e. The maximum absolute atomic E-state index is 11.8. The van der Waals surface area contributed by atoms with Gasteiger partial charge >= 0.3 is 0 Å². The van der Waals surface area contributed by atoms with Crippen LogP contribution in [0.15, 0.2) is 17.5 Å². The van der Waals surface area contributed by atoms with E-state index in [2.05, 4.69) is 10.6 Å². The number of aliphatic hydroxyl groups excluding tert-OH is 1. The Hall–Kier alpha value is -1.40. The molecule has 1 aromatic rings. The highest BCUT2D eigenvalue weighted by molar-refractivity contribution is 7.12. The Kier molecular flexibility index (Phi) is 4.21. The smallest absolute Gasteiger partial charge is 0.261 e. The van der Waals surface area contributed by atoms with Gasteiger partial charge in [0.25, 0.3) is 5.91 Å². The summed E-state index contributed by atoms with van der Waals surface area (Å²) in [7, 11) is 0. The Morgan fingerprint density at radius 2 is 2.26 bits per heavy atom. The van der Waals surface area contributed by atoms with Crippen LogP contribution in [0.4, 0.5) is 0 Å². The molecule has 0 radical (unpaired) electrons. The number of amides is 2. The molecule has 1 aromatic heterocycles. The van der Waals surface area contributed by atoms with E-state index in [-0.39, 0.29) is 23.8 Å². The van der Waals surface area contributed by atoms with Gasteiger partial charge in [0.05, 0.1) is 11.5 Å². The number of carbonyl (C=O) groups excluding carboxylic acids is 2. The first kappa shape index (κ1) is 14.0. The summed E-state index contributed by atoms with van der Waals surface area (Å²) in [5.74, 6) is -0.453. The van der Waals surface area contributed by atoms with Crippen molar-refractivity contribution in [2.45, 2.75) is 25.8 Å². The zero-order chi connectivity index (χ0) is 13.9. The van der Waals surface area contributed by atoms with Crippen LogP contribution in [0.3, 0.4) is 0 Å². The fraction of sp³-hybridized carbons (Fsp3) is 0.538. The third-order valence-electron chi connectivity index (χ3n) is 3.42. The molecular weight excluding hydrogens is 264 g/mol. The number of hydrogen-bond acceptors (Lipinski definition) is 4. The molecule has 6 heteroatoms. The van der Waals surface area contributed by atoms with Gasteiger partial charge in [-0.2, -0.15) is 0 Å². The molecule has 1 saturated carbocycles. The molecule has 2 amide bonds. The minimum atomic E-state index is -0.580. The van der Waals surface area contributed by atoms with Gasteiger partial charge in [-0.05, 0) is 31.2 Å². The van der Waals surface area contributed by atoms with Crippen molar-refractivity contribution in [2.75, 3.05) is 13.2 Å². The number of nitrogens with one attached hydrogen (secondary N) is 2. The van der Waals surface area contributed by atoms with Crippen molar-refractivity contribution < 1.29 is 14.7 Å². The molecule has 19 heavy (non-hydrogen) atoms. The van der Waals surface area contributed by atoms with Gasteiger partial charge in [-0.1, -0.05) is 6.07 Å². The van der Waals surface area contributed by atoms with Gasteiger partial charge in [0, 0.05) is 12.0 Å². The van der Waals surface area contributed by atoms with Crippen molar-refractivity contribution in [1.82, 2.24) is 10.6 Å². The lowest BCUT2D eigenvalue weighted by Crippen LogP contribution is -2.46. The summed E-state index contributed by atoms with van der Waals surface area (Å²) in [6, 6.07) is 2.93. The van der Waals surface area contributed by atoms with Crippen molar-refractivity contribution in [3.8, 4) is 0 Å². The van der Waals surface area contributed by atoms with Crippen molar-refractivity contribution in [1.29, 1.82) is 0 Å². The molecule has 0 aliphatic heterocycles. The van der Waals surface area contributed by atoms with Crippen LogP contribution in [0.2, 0.25) is 0 Å². The Bertz CT molecular complexity index is 454. The predicted molar refractivity (Wildman–Crippen MR) is 73.0 cm³/mol. The standard InChI is InChI=1S/C13H18N2O3S/c1-9(15-12(18)10-3-2-6-19-10)11(17)14-7-13(8-16)4-5-13/h2-3,6,9,16H,4-5,7-8H2,1H3,(H,14,17)(H,15,18). The van der Waals surface area contributed by atoms with E-state index in [1.165, 1.54) is 11.3 Å². The molecular formula is C13H18N2O3S. The third-order valence-corrected chi connectivity index (χ3v) is 4.28. The summed E-state index contributed by atoms with van der Waals surface area (Å²) in [6.45, 7) is 2.23. The molecule has 1 aliphatic carbocycles. The van der Waals surface area contributed by atoms with Gasteiger partial charge in [-0.25, -0.2) is 0 Å². The normalized spacial score (nSPS) is 17.6. The van der Waals surface area contributed by atoms with E-state index in [0.717, 1.165) is 12.8 Å². The van der Waals surface area contributed by atoms with E-state index in [1.807, 2.05) is 5.38 Å². The molecule has 3 N–H and O–H groups in total. The molecule has 104 valence electrons. The average molecular weight is 282 g/mol. The monoisotopic (exact) mass is 282 g/mol. The summed E-state index contributed by atoms with van der Waals surface area (Å²) in [5, 5.41) is 16.4. The first-order valence-corrected chi connectivity index (χ1v) is 7.17. The first-order chi connectivity index (χ1) is 9.06. The molecule has 0 spiro atoms. The number of aliphatic hydroxyl groups is 1. The highest BCUT2D eigenvalue weighted by Gasteiger charge is 2.42. The quantitative estimate of drug-likeness (QED) is 0.720. The Morgan fingerprint density at radius 1 is 1.53 bits per heavy atom. The lowest BCUT2D eigenvalue weighted by molar-refractivity contribution is -0.122. The zero-order valence-electron chi connectivity index (χ0n) is 10.8. The fourth-order valence-electron chi connectivity index (χ4n) is 1.74. The molecule has 5 nitrogen and oxygen atoms in total. The molecule has 1 atom stereocenters. The van der Waals surface area contributed by atoms with Crippen LogP contribution in [-0.2, 0) is 4.79 Å². The molecule has 1 heterocycles. The van der Waals surface area contributed by atoms with E-state index in [4.69, 9.17) is 5.11 Å². The van der Waals surface area contributed by atoms with Crippen molar-refractivity contribution in [3.63, 3.8) is 0 Å². The molecule has 0 saturated heterocycles. The molecule has 0 bridgehead atoms. The Morgan fingerprint density at radius 3 is 2.79 bits per heavy atom. The van der Waals surface area contributed by atoms with Crippen LogP contribution in [0.1, 0.15) is 29.4 Å². The van der Waals surface area contributed by atoms with Gasteiger partial charge < -0.3 is 15.7 Å². The SMILES string of the molecule is CC(NC(=O)c1cccs1)C(=O)NCC1(CO)CC1. The topological polar surface area (TPSA) is 78.4 Å². The van der Waals surface area contributed by atoms with E-state index in [0.29, 0.717) is 11.4 Å². The minimum absolute atomic E-state index is 0.100. The molecule has 1 aliphatic rings. The van der Waals surface area contributed by atoms with Crippen LogP contribution >= 0.6 is 11.3 Å². The van der Waals surface area contributed by atoms with E-state index in [9.17, 15) is 9.59 Å². The number of thiophene rings is 1. The number of hydrogen-bond donors (Lipinski definition) is 3. The Labute approximate surface area is 116 Å². The third kappa shape index (κ3) is 3.54. The molecule has 2 rings (SSSR count). The van der Waals surface area contributed by atoms with Crippen molar-refractivity contribution >= 4 is 23.2 Å². The fourth-order valence-corrected chi connectivity index (χ4v) is 2.36. The van der Waals surface area contributed by atoms with Crippen LogP contribution in [0.5, 0.6) is 0 Å². The lowest BCUT2D eigenvalue weighted by atomic mass is 10.1. The predicted octanol–water partition coefficient (Wildman–Crippen LogP) is 0.755.